The maximum atomic E-state index is 14.4. The zero-order valence-corrected chi connectivity index (χ0v) is 18.8. The minimum absolute atomic E-state index is 0.0325. The molecule has 182 valence electrons. The average molecular weight is 488 g/mol. The van der Waals surface area contributed by atoms with Crippen LogP contribution in [0.5, 0.6) is 11.5 Å². The predicted molar refractivity (Wildman–Crippen MR) is 120 cm³/mol. The molecule has 0 atom stereocenters. The lowest BCUT2D eigenvalue weighted by molar-refractivity contribution is 0.0718. The summed E-state index contributed by atoms with van der Waals surface area (Å²) in [6.45, 7) is 2.75. The molecule has 0 aliphatic heterocycles. The van der Waals surface area contributed by atoms with Crippen molar-refractivity contribution in [1.82, 2.24) is 0 Å². The van der Waals surface area contributed by atoms with Crippen molar-refractivity contribution in [3.63, 3.8) is 0 Å². The van der Waals surface area contributed by atoms with E-state index in [1.807, 2.05) is 0 Å². The molecule has 3 rings (SSSR count). The summed E-state index contributed by atoms with van der Waals surface area (Å²) in [6.07, 6.45) is 4.38. The topological polar surface area (TPSA) is 35.5 Å². The van der Waals surface area contributed by atoms with Gasteiger partial charge in [0, 0.05) is 11.1 Å². The minimum Gasteiger partial charge on any atom is -0.494 e. The van der Waals surface area contributed by atoms with Gasteiger partial charge < -0.3 is 9.47 Å². The van der Waals surface area contributed by atoms with Crippen LogP contribution < -0.4 is 9.47 Å². The highest BCUT2D eigenvalue weighted by Crippen LogP contribution is 2.25. The molecule has 0 aliphatic rings. The molecule has 0 saturated heterocycles. The van der Waals surface area contributed by atoms with Crippen LogP contribution in [0, 0.1) is 40.9 Å². The summed E-state index contributed by atoms with van der Waals surface area (Å²) in [5, 5.41) is 0. The highest BCUT2D eigenvalue weighted by atomic mass is 19.2. The molecule has 0 heterocycles. The first-order valence-corrected chi connectivity index (χ1v) is 10.9. The molecular formula is C27H21F5O3. The second kappa shape index (κ2) is 12.0. The Kier molecular flexibility index (Phi) is 8.85. The van der Waals surface area contributed by atoms with E-state index in [4.69, 9.17) is 4.74 Å². The number of hydrogen-bond acceptors (Lipinski definition) is 3. The third-order valence-corrected chi connectivity index (χ3v) is 4.88. The molecule has 0 amide bonds. The number of carbonyl (C=O) groups is 1. The van der Waals surface area contributed by atoms with Crippen LogP contribution in [0.15, 0.2) is 48.5 Å². The second-order valence-corrected chi connectivity index (χ2v) is 7.60. The molecule has 0 fully saturated rings. The van der Waals surface area contributed by atoms with Crippen molar-refractivity contribution in [1.29, 1.82) is 0 Å². The summed E-state index contributed by atoms with van der Waals surface area (Å²) in [6, 6.07) is 9.31. The molecular weight excluding hydrogens is 467 g/mol. The van der Waals surface area contributed by atoms with Crippen LogP contribution in [-0.2, 0) is 0 Å². The van der Waals surface area contributed by atoms with Gasteiger partial charge in [0.25, 0.3) is 0 Å². The van der Waals surface area contributed by atoms with Crippen molar-refractivity contribution in [2.24, 2.45) is 0 Å². The molecule has 8 heteroatoms. The second-order valence-electron chi connectivity index (χ2n) is 7.60. The molecule has 0 N–H and O–H groups in total. The molecule has 0 radical (unpaired) electrons. The van der Waals surface area contributed by atoms with Gasteiger partial charge in [-0.25, -0.2) is 26.7 Å². The summed E-state index contributed by atoms with van der Waals surface area (Å²) >= 11 is 0. The zero-order valence-electron chi connectivity index (χ0n) is 18.8. The van der Waals surface area contributed by atoms with Crippen LogP contribution in [-0.4, -0.2) is 12.6 Å². The van der Waals surface area contributed by atoms with Gasteiger partial charge in [0.1, 0.15) is 5.75 Å². The molecule has 3 aromatic carbocycles. The Morgan fingerprint density at radius 2 is 1.37 bits per heavy atom. The van der Waals surface area contributed by atoms with E-state index in [0.717, 1.165) is 37.8 Å². The number of unbranched alkanes of at least 4 members (excludes halogenated alkanes) is 3. The van der Waals surface area contributed by atoms with Crippen LogP contribution in [0.25, 0.3) is 0 Å². The van der Waals surface area contributed by atoms with E-state index in [-0.39, 0.29) is 5.56 Å². The van der Waals surface area contributed by atoms with Gasteiger partial charge in [-0.3, -0.25) is 0 Å². The Balaban J connectivity index is 1.67. The van der Waals surface area contributed by atoms with Crippen LogP contribution in [0.1, 0.15) is 54.1 Å². The van der Waals surface area contributed by atoms with E-state index >= 15 is 0 Å². The lowest BCUT2D eigenvalue weighted by Gasteiger charge is -2.08. The number of esters is 1. The third kappa shape index (κ3) is 7.06. The standard InChI is InChI=1S/C27H21F5O3/c1-2-3-4-5-12-34-20-10-8-17(9-11-20)6-7-18-13-23(30)26(24(31)14-18)35-27(33)19-15-21(28)25(32)22(29)16-19/h8-11,13-16H,2-5,12H2,1H3. The van der Waals surface area contributed by atoms with Gasteiger partial charge >= 0.3 is 5.97 Å². The highest BCUT2D eigenvalue weighted by Gasteiger charge is 2.20. The molecule has 0 saturated carbocycles. The van der Waals surface area contributed by atoms with Gasteiger partial charge in [0.2, 0.25) is 5.75 Å². The maximum absolute atomic E-state index is 14.4. The van der Waals surface area contributed by atoms with Gasteiger partial charge in [-0.2, -0.15) is 0 Å². The van der Waals surface area contributed by atoms with Crippen LogP contribution >= 0.6 is 0 Å². The van der Waals surface area contributed by atoms with Crippen molar-refractivity contribution in [2.75, 3.05) is 6.61 Å². The van der Waals surface area contributed by atoms with Gasteiger partial charge in [-0.05, 0) is 55.0 Å². The van der Waals surface area contributed by atoms with E-state index in [1.54, 1.807) is 24.3 Å². The molecule has 0 aliphatic carbocycles. The third-order valence-electron chi connectivity index (χ3n) is 4.88. The van der Waals surface area contributed by atoms with E-state index in [2.05, 4.69) is 23.5 Å². The van der Waals surface area contributed by atoms with Crippen molar-refractivity contribution in [3.05, 3.63) is 94.3 Å². The Labute approximate surface area is 199 Å². The number of carbonyl (C=O) groups excluding carboxylic acids is 1. The number of halogens is 5. The molecule has 0 unspecified atom stereocenters. The van der Waals surface area contributed by atoms with Gasteiger partial charge in [-0.15, -0.1) is 0 Å². The largest absolute Gasteiger partial charge is 0.494 e. The summed E-state index contributed by atoms with van der Waals surface area (Å²) in [7, 11) is 0. The smallest absolute Gasteiger partial charge is 0.343 e. The quantitative estimate of drug-likeness (QED) is 0.0859. The fourth-order valence-corrected chi connectivity index (χ4v) is 3.05. The van der Waals surface area contributed by atoms with Crippen LogP contribution in [0.3, 0.4) is 0 Å². The van der Waals surface area contributed by atoms with Crippen LogP contribution in [0.4, 0.5) is 22.0 Å². The Morgan fingerprint density at radius 1 is 0.771 bits per heavy atom. The normalized spacial score (nSPS) is 10.5. The number of rotatable bonds is 8. The van der Waals surface area contributed by atoms with E-state index in [0.29, 0.717) is 30.1 Å². The highest BCUT2D eigenvalue weighted by molar-refractivity contribution is 5.91. The molecule has 0 aromatic heterocycles. The summed E-state index contributed by atoms with van der Waals surface area (Å²) in [4.78, 5) is 12.0. The first kappa shape index (κ1) is 25.8. The van der Waals surface area contributed by atoms with E-state index in [1.165, 1.54) is 0 Å². The van der Waals surface area contributed by atoms with Crippen molar-refractivity contribution in [3.8, 4) is 23.3 Å². The first-order valence-electron chi connectivity index (χ1n) is 10.9. The molecule has 0 spiro atoms. The molecule has 35 heavy (non-hydrogen) atoms. The van der Waals surface area contributed by atoms with Gasteiger partial charge in [0.05, 0.1) is 12.2 Å². The monoisotopic (exact) mass is 488 g/mol. The summed E-state index contributed by atoms with van der Waals surface area (Å²) in [5.41, 5.74) is -0.201. The number of hydrogen-bond donors (Lipinski definition) is 0. The Bertz CT molecular complexity index is 1210. The van der Waals surface area contributed by atoms with Crippen molar-refractivity contribution < 1.29 is 36.2 Å². The molecule has 3 aromatic rings. The maximum Gasteiger partial charge on any atom is 0.343 e. The SMILES string of the molecule is CCCCCCOc1ccc(C#Cc2cc(F)c(OC(=O)c3cc(F)c(F)c(F)c3)c(F)c2)cc1. The van der Waals surface area contributed by atoms with Crippen LogP contribution in [0.2, 0.25) is 0 Å². The zero-order chi connectivity index (χ0) is 25.4. The van der Waals surface area contributed by atoms with E-state index < -0.39 is 46.4 Å². The fraction of sp³-hybridized carbons (Fsp3) is 0.222. The van der Waals surface area contributed by atoms with Gasteiger partial charge in [0.15, 0.2) is 29.1 Å². The number of ether oxygens (including phenoxy) is 2. The fourth-order valence-electron chi connectivity index (χ4n) is 3.05. The minimum atomic E-state index is -1.79. The van der Waals surface area contributed by atoms with Crippen molar-refractivity contribution >= 4 is 5.97 Å². The summed E-state index contributed by atoms with van der Waals surface area (Å²) < 4.78 is 78.6. The average Bonchev–Trinajstić information content (AvgIpc) is 2.83. The number of benzene rings is 3. The molecule has 0 bridgehead atoms. The van der Waals surface area contributed by atoms with Gasteiger partial charge in [-0.1, -0.05) is 38.0 Å². The van der Waals surface area contributed by atoms with E-state index in [9.17, 15) is 26.7 Å². The first-order chi connectivity index (χ1) is 16.8. The lowest BCUT2D eigenvalue weighted by atomic mass is 10.1. The Hall–Kier alpha value is -3.86. The van der Waals surface area contributed by atoms with Crippen molar-refractivity contribution in [2.45, 2.75) is 32.6 Å². The molecule has 3 nitrogen and oxygen atoms in total. The predicted octanol–water partition coefficient (Wildman–Crippen LogP) is 6.96. The lowest BCUT2D eigenvalue weighted by Crippen LogP contribution is -2.12. The Morgan fingerprint density at radius 3 is 1.97 bits per heavy atom. The summed E-state index contributed by atoms with van der Waals surface area (Å²) in [5.74, 6) is -4.05.